The number of Topliss-reactive ketones (excluding diaryl/α,β-unsaturated/α-hetero) is 1. The quantitative estimate of drug-likeness (QED) is 0.588. The largest absolute Gasteiger partial charge is 0.376 e. The highest BCUT2D eigenvalue weighted by molar-refractivity contribution is 5.99. The maximum Gasteiger partial charge on any atom is 0.196 e. The minimum Gasteiger partial charge on any atom is -0.376 e. The number of hydrogen-bond donors (Lipinski definition) is 0. The Balaban J connectivity index is 2.26. The van der Waals surface area contributed by atoms with Gasteiger partial charge in [-0.15, -0.1) is 0 Å². The second-order valence-corrected chi connectivity index (χ2v) is 3.54. The van der Waals surface area contributed by atoms with Crippen LogP contribution in [0.4, 0.5) is 13.2 Å². The predicted molar refractivity (Wildman–Crippen MR) is 51.2 cm³/mol. The van der Waals surface area contributed by atoms with Crippen molar-refractivity contribution in [2.45, 2.75) is 6.10 Å². The van der Waals surface area contributed by atoms with Crippen molar-refractivity contribution in [1.82, 2.24) is 0 Å². The number of rotatable bonds is 2. The Kier molecular flexibility index (Phi) is 3.44. The van der Waals surface area contributed by atoms with E-state index in [0.717, 1.165) is 0 Å². The van der Waals surface area contributed by atoms with Crippen LogP contribution in [0.15, 0.2) is 12.1 Å². The first-order chi connectivity index (χ1) is 8.09. The number of carbonyl (C=O) groups is 1. The molecule has 0 bridgehead atoms. The second kappa shape index (κ2) is 4.85. The second-order valence-electron chi connectivity index (χ2n) is 3.54. The van der Waals surface area contributed by atoms with E-state index < -0.39 is 34.9 Å². The number of ketones is 1. The Bertz CT molecular complexity index is 442. The molecule has 0 N–H and O–H groups in total. The Labute approximate surface area is 95.1 Å². The lowest BCUT2D eigenvalue weighted by Gasteiger charge is -2.21. The summed E-state index contributed by atoms with van der Waals surface area (Å²) in [5, 5.41) is 0. The summed E-state index contributed by atoms with van der Waals surface area (Å²) in [6, 6.07) is 0.872. The van der Waals surface area contributed by atoms with Gasteiger partial charge in [0, 0.05) is 6.07 Å². The highest BCUT2D eigenvalue weighted by atomic mass is 19.2. The summed E-state index contributed by atoms with van der Waals surface area (Å²) in [5.74, 6) is -4.46. The zero-order valence-corrected chi connectivity index (χ0v) is 8.71. The fraction of sp³-hybridized carbons (Fsp3) is 0.364. The molecule has 1 aromatic carbocycles. The lowest BCUT2D eigenvalue weighted by atomic mass is 10.1. The van der Waals surface area contributed by atoms with E-state index in [0.29, 0.717) is 18.7 Å². The van der Waals surface area contributed by atoms with Gasteiger partial charge in [-0.05, 0) is 6.07 Å². The van der Waals surface area contributed by atoms with Gasteiger partial charge in [-0.25, -0.2) is 13.2 Å². The number of benzene rings is 1. The number of hydrogen-bond acceptors (Lipinski definition) is 3. The van der Waals surface area contributed by atoms with E-state index in [4.69, 9.17) is 9.47 Å². The third-order valence-corrected chi connectivity index (χ3v) is 2.38. The van der Waals surface area contributed by atoms with E-state index in [1.807, 2.05) is 0 Å². The van der Waals surface area contributed by atoms with Crippen LogP contribution >= 0.6 is 0 Å². The van der Waals surface area contributed by atoms with E-state index in [2.05, 4.69) is 0 Å². The normalized spacial score (nSPS) is 20.3. The molecule has 92 valence electrons. The van der Waals surface area contributed by atoms with Crippen molar-refractivity contribution in [3.8, 4) is 0 Å². The smallest absolute Gasteiger partial charge is 0.196 e. The molecule has 1 fully saturated rings. The Morgan fingerprint density at radius 1 is 1.12 bits per heavy atom. The molecule has 6 heteroatoms. The van der Waals surface area contributed by atoms with Crippen molar-refractivity contribution < 1.29 is 27.4 Å². The molecule has 1 saturated heterocycles. The first kappa shape index (κ1) is 12.1. The van der Waals surface area contributed by atoms with Gasteiger partial charge in [0.2, 0.25) is 0 Å². The average molecular weight is 246 g/mol. The number of carbonyl (C=O) groups excluding carboxylic acids is 1. The molecule has 2 rings (SSSR count). The Morgan fingerprint density at radius 2 is 1.82 bits per heavy atom. The zero-order chi connectivity index (χ0) is 12.4. The molecule has 17 heavy (non-hydrogen) atoms. The minimum absolute atomic E-state index is 0.0166. The fourth-order valence-electron chi connectivity index (χ4n) is 1.52. The molecule has 1 unspecified atom stereocenters. The summed E-state index contributed by atoms with van der Waals surface area (Å²) in [7, 11) is 0. The summed E-state index contributed by atoms with van der Waals surface area (Å²) < 4.78 is 49.0. The topological polar surface area (TPSA) is 35.5 Å². The monoisotopic (exact) mass is 246 g/mol. The van der Waals surface area contributed by atoms with E-state index in [-0.39, 0.29) is 13.2 Å². The van der Waals surface area contributed by atoms with Gasteiger partial charge >= 0.3 is 0 Å². The molecule has 1 atom stereocenters. The van der Waals surface area contributed by atoms with Crippen LogP contribution in [0.2, 0.25) is 0 Å². The van der Waals surface area contributed by atoms with Crippen LogP contribution in [0.5, 0.6) is 0 Å². The summed E-state index contributed by atoms with van der Waals surface area (Å²) in [5.41, 5.74) is -0.528. The van der Waals surface area contributed by atoms with Gasteiger partial charge in [0.1, 0.15) is 11.9 Å². The van der Waals surface area contributed by atoms with E-state index in [1.165, 1.54) is 0 Å². The van der Waals surface area contributed by atoms with Gasteiger partial charge in [0.15, 0.2) is 17.4 Å². The lowest BCUT2D eigenvalue weighted by molar-refractivity contribution is -0.0720. The molecule has 1 heterocycles. The average Bonchev–Trinajstić information content (AvgIpc) is 2.34. The van der Waals surface area contributed by atoms with Crippen molar-refractivity contribution in [2.75, 3.05) is 19.8 Å². The molecule has 0 amide bonds. The molecular weight excluding hydrogens is 237 g/mol. The van der Waals surface area contributed by atoms with E-state index in [9.17, 15) is 18.0 Å². The van der Waals surface area contributed by atoms with Crippen molar-refractivity contribution in [3.63, 3.8) is 0 Å². The summed E-state index contributed by atoms with van der Waals surface area (Å²) in [6.07, 6.45) is -0.969. The van der Waals surface area contributed by atoms with Gasteiger partial charge in [0.25, 0.3) is 0 Å². The van der Waals surface area contributed by atoms with Gasteiger partial charge in [-0.2, -0.15) is 0 Å². The third kappa shape index (κ3) is 2.48. The molecule has 0 aliphatic carbocycles. The van der Waals surface area contributed by atoms with Gasteiger partial charge in [-0.1, -0.05) is 0 Å². The summed E-state index contributed by atoms with van der Waals surface area (Å²) >= 11 is 0. The third-order valence-electron chi connectivity index (χ3n) is 2.38. The Morgan fingerprint density at radius 3 is 2.47 bits per heavy atom. The molecule has 0 saturated carbocycles. The van der Waals surface area contributed by atoms with Crippen LogP contribution in [0.3, 0.4) is 0 Å². The molecule has 1 aromatic rings. The number of halogens is 3. The minimum atomic E-state index is -1.33. The lowest BCUT2D eigenvalue weighted by Crippen LogP contribution is -2.36. The van der Waals surface area contributed by atoms with Gasteiger partial charge < -0.3 is 9.47 Å². The van der Waals surface area contributed by atoms with Crippen molar-refractivity contribution >= 4 is 5.78 Å². The molecule has 0 spiro atoms. The fourth-order valence-corrected chi connectivity index (χ4v) is 1.52. The molecule has 0 radical (unpaired) electrons. The van der Waals surface area contributed by atoms with Crippen LogP contribution in [0, 0.1) is 17.5 Å². The first-order valence-corrected chi connectivity index (χ1v) is 4.97. The maximum atomic E-state index is 13.3. The predicted octanol–water partition coefficient (Wildman–Crippen LogP) is 1.70. The maximum absolute atomic E-state index is 13.3. The number of ether oxygens (including phenoxy) is 2. The van der Waals surface area contributed by atoms with Gasteiger partial charge in [0.05, 0.1) is 25.4 Å². The van der Waals surface area contributed by atoms with E-state index >= 15 is 0 Å². The van der Waals surface area contributed by atoms with Crippen LogP contribution < -0.4 is 0 Å². The van der Waals surface area contributed by atoms with Crippen molar-refractivity contribution in [3.05, 3.63) is 35.1 Å². The first-order valence-electron chi connectivity index (χ1n) is 4.97. The molecular formula is C11H9F3O3. The van der Waals surface area contributed by atoms with Crippen LogP contribution in [0.1, 0.15) is 10.4 Å². The van der Waals surface area contributed by atoms with Gasteiger partial charge in [-0.3, -0.25) is 4.79 Å². The standard InChI is InChI=1S/C11H9F3O3/c12-7-4-9(14)8(13)3-6(7)11(15)10-5-16-1-2-17-10/h3-4,10H,1-2,5H2. The highest BCUT2D eigenvalue weighted by Gasteiger charge is 2.27. The van der Waals surface area contributed by atoms with Crippen LogP contribution in [-0.2, 0) is 9.47 Å². The van der Waals surface area contributed by atoms with Crippen molar-refractivity contribution in [2.24, 2.45) is 0 Å². The summed E-state index contributed by atoms with van der Waals surface area (Å²) in [6.45, 7) is 0.545. The zero-order valence-electron chi connectivity index (χ0n) is 8.71. The molecule has 1 aliphatic rings. The van der Waals surface area contributed by atoms with Crippen molar-refractivity contribution in [1.29, 1.82) is 0 Å². The van der Waals surface area contributed by atoms with Crippen LogP contribution in [-0.4, -0.2) is 31.7 Å². The molecule has 1 aliphatic heterocycles. The Hall–Kier alpha value is -1.40. The molecule has 0 aromatic heterocycles. The highest BCUT2D eigenvalue weighted by Crippen LogP contribution is 2.17. The summed E-state index contributed by atoms with van der Waals surface area (Å²) in [4.78, 5) is 11.7. The van der Waals surface area contributed by atoms with E-state index in [1.54, 1.807) is 0 Å². The van der Waals surface area contributed by atoms with Crippen LogP contribution in [0.25, 0.3) is 0 Å². The molecule has 3 nitrogen and oxygen atoms in total. The SMILES string of the molecule is O=C(c1cc(F)c(F)cc1F)C1COCCO1.